The third-order valence-corrected chi connectivity index (χ3v) is 5.39. The number of carbonyl (C=O) groups excluding carboxylic acids is 1. The molecular formula is C22H26O2. The van der Waals surface area contributed by atoms with Gasteiger partial charge >= 0.3 is 5.97 Å². The summed E-state index contributed by atoms with van der Waals surface area (Å²) < 4.78 is 5.88. The number of hydrogen-bond donors (Lipinski definition) is 0. The summed E-state index contributed by atoms with van der Waals surface area (Å²) in [7, 11) is 0. The van der Waals surface area contributed by atoms with Crippen LogP contribution in [0.5, 0.6) is 5.75 Å². The average Bonchev–Trinajstić information content (AvgIpc) is 3.00. The quantitative estimate of drug-likeness (QED) is 0.531. The highest BCUT2D eigenvalue weighted by Gasteiger charge is 2.43. The topological polar surface area (TPSA) is 26.3 Å². The molecule has 0 unspecified atom stereocenters. The molecule has 1 aliphatic carbocycles. The summed E-state index contributed by atoms with van der Waals surface area (Å²) in [5, 5.41) is 0. The van der Waals surface area contributed by atoms with Gasteiger partial charge in [-0.25, -0.2) is 0 Å². The summed E-state index contributed by atoms with van der Waals surface area (Å²) in [5.41, 5.74) is 1.67. The predicted molar refractivity (Wildman–Crippen MR) is 97.8 cm³/mol. The molecule has 2 atom stereocenters. The first-order valence-corrected chi connectivity index (χ1v) is 8.86. The first-order chi connectivity index (χ1) is 11.5. The minimum absolute atomic E-state index is 0.0889. The lowest BCUT2D eigenvalue weighted by atomic mass is 9.85. The fraction of sp³-hybridized carbons (Fsp3) is 0.409. The van der Waals surface area contributed by atoms with Crippen molar-refractivity contribution in [2.75, 3.05) is 0 Å². The van der Waals surface area contributed by atoms with Crippen LogP contribution in [0.1, 0.15) is 40.0 Å². The molecule has 0 spiro atoms. The van der Waals surface area contributed by atoms with Gasteiger partial charge in [0.25, 0.3) is 0 Å². The first-order valence-electron chi connectivity index (χ1n) is 8.86. The van der Waals surface area contributed by atoms with Crippen molar-refractivity contribution >= 4 is 5.97 Å². The molecule has 0 amide bonds. The second-order valence-corrected chi connectivity index (χ2v) is 7.56. The molecule has 0 heterocycles. The van der Waals surface area contributed by atoms with Crippen LogP contribution >= 0.6 is 0 Å². The van der Waals surface area contributed by atoms with Crippen LogP contribution in [0.3, 0.4) is 0 Å². The number of carbonyl (C=O) groups is 1. The van der Waals surface area contributed by atoms with Gasteiger partial charge in [0.2, 0.25) is 0 Å². The Bertz CT molecular complexity index is 705. The van der Waals surface area contributed by atoms with Crippen molar-refractivity contribution in [2.24, 2.45) is 17.3 Å². The van der Waals surface area contributed by atoms with Gasteiger partial charge in [0.05, 0.1) is 5.41 Å². The van der Waals surface area contributed by atoms with E-state index in [9.17, 15) is 4.79 Å². The van der Waals surface area contributed by atoms with Crippen LogP contribution in [-0.4, -0.2) is 5.97 Å². The maximum absolute atomic E-state index is 12.9. The molecule has 2 aromatic carbocycles. The average molecular weight is 322 g/mol. The number of rotatable bonds is 4. The molecule has 126 valence electrons. The minimum atomic E-state index is -0.362. The molecule has 1 fully saturated rings. The van der Waals surface area contributed by atoms with Gasteiger partial charge in [-0.05, 0) is 49.7 Å². The molecular weight excluding hydrogens is 296 g/mol. The molecule has 0 bridgehead atoms. The molecule has 0 aliphatic heterocycles. The standard InChI is InChI=1S/C22H26O2/c1-16(2)18-13-14-22(3,15-18)21(23)24-20-12-8-7-11-19(20)17-9-5-4-6-10-17/h4-12,16,18H,13-15H2,1-3H3/t18-,22-/m1/s1. The molecule has 0 radical (unpaired) electrons. The first kappa shape index (κ1) is 16.8. The van der Waals surface area contributed by atoms with Crippen molar-refractivity contribution in [1.82, 2.24) is 0 Å². The summed E-state index contributed by atoms with van der Waals surface area (Å²) in [6.45, 7) is 6.54. The molecule has 0 N–H and O–H groups in total. The second-order valence-electron chi connectivity index (χ2n) is 7.56. The van der Waals surface area contributed by atoms with Gasteiger partial charge in [-0.1, -0.05) is 62.4 Å². The van der Waals surface area contributed by atoms with E-state index in [2.05, 4.69) is 20.8 Å². The smallest absolute Gasteiger partial charge is 0.317 e. The van der Waals surface area contributed by atoms with Gasteiger partial charge in [0.15, 0.2) is 0 Å². The van der Waals surface area contributed by atoms with Gasteiger partial charge in [-0.2, -0.15) is 0 Å². The zero-order valence-corrected chi connectivity index (χ0v) is 14.8. The third kappa shape index (κ3) is 3.38. The van der Waals surface area contributed by atoms with Crippen LogP contribution in [0.15, 0.2) is 54.6 Å². The van der Waals surface area contributed by atoms with Crippen molar-refractivity contribution in [3.05, 3.63) is 54.6 Å². The number of benzene rings is 2. The largest absolute Gasteiger partial charge is 0.425 e. The van der Waals surface area contributed by atoms with E-state index in [4.69, 9.17) is 4.74 Å². The second kappa shape index (κ2) is 6.80. The van der Waals surface area contributed by atoms with Crippen molar-refractivity contribution in [3.63, 3.8) is 0 Å². The molecule has 0 saturated heterocycles. The number of ether oxygens (including phenoxy) is 1. The van der Waals surface area contributed by atoms with E-state index >= 15 is 0 Å². The van der Waals surface area contributed by atoms with Crippen molar-refractivity contribution in [2.45, 2.75) is 40.0 Å². The normalized spacial score (nSPS) is 23.4. The predicted octanol–water partition coefficient (Wildman–Crippen LogP) is 5.72. The fourth-order valence-corrected chi connectivity index (χ4v) is 3.68. The molecule has 1 saturated carbocycles. The van der Waals surface area contributed by atoms with Crippen molar-refractivity contribution in [1.29, 1.82) is 0 Å². The molecule has 2 nitrogen and oxygen atoms in total. The lowest BCUT2D eigenvalue weighted by Crippen LogP contribution is -2.30. The van der Waals surface area contributed by atoms with Gasteiger partial charge < -0.3 is 4.74 Å². The molecule has 3 rings (SSSR count). The number of hydrogen-bond acceptors (Lipinski definition) is 2. The maximum Gasteiger partial charge on any atom is 0.317 e. The zero-order valence-electron chi connectivity index (χ0n) is 14.8. The van der Waals surface area contributed by atoms with Crippen LogP contribution in [-0.2, 0) is 4.79 Å². The monoisotopic (exact) mass is 322 g/mol. The van der Waals surface area contributed by atoms with Gasteiger partial charge in [-0.15, -0.1) is 0 Å². The highest BCUT2D eigenvalue weighted by molar-refractivity contribution is 5.82. The number of para-hydroxylation sites is 1. The minimum Gasteiger partial charge on any atom is -0.425 e. The fourth-order valence-electron chi connectivity index (χ4n) is 3.68. The van der Waals surface area contributed by atoms with E-state index < -0.39 is 0 Å². The van der Waals surface area contributed by atoms with Gasteiger partial charge in [0, 0.05) is 5.56 Å². The van der Waals surface area contributed by atoms with E-state index in [1.807, 2.05) is 54.6 Å². The summed E-state index contributed by atoms with van der Waals surface area (Å²) in [5.74, 6) is 1.81. The van der Waals surface area contributed by atoms with Crippen LogP contribution in [0.4, 0.5) is 0 Å². The van der Waals surface area contributed by atoms with Crippen molar-refractivity contribution < 1.29 is 9.53 Å². The highest BCUT2D eigenvalue weighted by Crippen LogP contribution is 2.45. The summed E-state index contributed by atoms with van der Waals surface area (Å²) >= 11 is 0. The molecule has 2 heteroatoms. The summed E-state index contributed by atoms with van der Waals surface area (Å²) in [4.78, 5) is 12.9. The Kier molecular flexibility index (Phi) is 4.75. The Balaban J connectivity index is 1.81. The Hall–Kier alpha value is -2.09. The lowest BCUT2D eigenvalue weighted by molar-refractivity contribution is -0.144. The van der Waals surface area contributed by atoms with Gasteiger partial charge in [-0.3, -0.25) is 4.79 Å². The van der Waals surface area contributed by atoms with E-state index in [0.717, 1.165) is 30.4 Å². The number of esters is 1. The highest BCUT2D eigenvalue weighted by atomic mass is 16.5. The Morgan fingerprint density at radius 3 is 2.42 bits per heavy atom. The SMILES string of the molecule is CC(C)[C@@H]1CC[C@@](C)(C(=O)Oc2ccccc2-c2ccccc2)C1. The van der Waals surface area contributed by atoms with E-state index in [1.165, 1.54) is 0 Å². The third-order valence-electron chi connectivity index (χ3n) is 5.39. The van der Waals surface area contributed by atoms with Crippen molar-refractivity contribution in [3.8, 4) is 16.9 Å². The maximum atomic E-state index is 12.9. The molecule has 24 heavy (non-hydrogen) atoms. The Morgan fingerprint density at radius 2 is 1.75 bits per heavy atom. The van der Waals surface area contributed by atoms with Crippen LogP contribution in [0.25, 0.3) is 11.1 Å². The zero-order chi connectivity index (χ0) is 17.2. The Morgan fingerprint density at radius 1 is 1.08 bits per heavy atom. The van der Waals surface area contributed by atoms with E-state index in [0.29, 0.717) is 17.6 Å². The summed E-state index contributed by atoms with van der Waals surface area (Å²) in [6.07, 6.45) is 2.96. The van der Waals surface area contributed by atoms with Crippen LogP contribution in [0, 0.1) is 17.3 Å². The Labute approximate surface area is 144 Å². The van der Waals surface area contributed by atoms with E-state index in [1.54, 1.807) is 0 Å². The van der Waals surface area contributed by atoms with E-state index in [-0.39, 0.29) is 11.4 Å². The molecule has 1 aliphatic rings. The van der Waals surface area contributed by atoms with Gasteiger partial charge in [0.1, 0.15) is 5.75 Å². The lowest BCUT2D eigenvalue weighted by Gasteiger charge is -2.23. The molecule has 0 aromatic heterocycles. The molecule has 2 aromatic rings. The van der Waals surface area contributed by atoms with Crippen LogP contribution < -0.4 is 4.74 Å². The summed E-state index contributed by atoms with van der Waals surface area (Å²) in [6, 6.07) is 17.9. The van der Waals surface area contributed by atoms with Crippen LogP contribution in [0.2, 0.25) is 0 Å².